The van der Waals surface area contributed by atoms with Crippen molar-refractivity contribution in [2.45, 2.75) is 18.5 Å². The third-order valence-electron chi connectivity index (χ3n) is 2.55. The first kappa shape index (κ1) is 23.5. The van der Waals surface area contributed by atoms with E-state index in [9.17, 15) is 14.5 Å². The molecule has 0 aromatic carbocycles. The second-order valence-corrected chi connectivity index (χ2v) is 5.84. The van der Waals surface area contributed by atoms with Gasteiger partial charge in [-0.2, -0.15) is 4.98 Å². The Morgan fingerprint density at radius 3 is 2.74 bits per heavy atom. The van der Waals surface area contributed by atoms with Crippen molar-refractivity contribution in [2.24, 2.45) is 0 Å². The van der Waals surface area contributed by atoms with Crippen LogP contribution in [-0.2, 0) is 14.0 Å². The van der Waals surface area contributed by atoms with Crippen molar-refractivity contribution >= 4 is 13.4 Å². The molecule has 0 spiro atoms. The van der Waals surface area contributed by atoms with Crippen LogP contribution >= 0.6 is 7.60 Å². The number of hydrogen-bond donors (Lipinski definition) is 4. The number of nitrogen functional groups attached to an aromatic ring is 1. The molecule has 3 atom stereocenters. The van der Waals surface area contributed by atoms with Crippen LogP contribution in [0.15, 0.2) is 17.1 Å². The van der Waals surface area contributed by atoms with Gasteiger partial charge in [-0.25, -0.2) is 4.79 Å². The van der Waals surface area contributed by atoms with Crippen LogP contribution in [0.1, 0.15) is 2.85 Å². The van der Waals surface area contributed by atoms with Crippen LogP contribution in [0.25, 0.3) is 0 Å². The Balaban J connectivity index is -0.00000121. The Labute approximate surface area is 177 Å². The minimum absolute atomic E-state index is 0. The summed E-state index contributed by atoms with van der Waals surface area (Å²) in [5.74, 6) is 0.00981. The van der Waals surface area contributed by atoms with Gasteiger partial charge in [0.1, 0.15) is 24.4 Å². The minimum Gasteiger partial charge on any atom is -1.00 e. The topological polar surface area (TPSA) is 166 Å². The predicted octanol–water partition coefficient (Wildman–Crippen LogP) is -8.28. The van der Waals surface area contributed by atoms with E-state index in [1.807, 2.05) is 0 Å². The average Bonchev–Trinajstić information content (AvgIpc) is 2.71. The molecule has 1 aromatic heterocycles. The van der Waals surface area contributed by atoms with Gasteiger partial charge in [-0.1, -0.05) is 0 Å². The summed E-state index contributed by atoms with van der Waals surface area (Å²) in [4.78, 5) is 37.3. The van der Waals surface area contributed by atoms with E-state index in [-0.39, 0.29) is 74.4 Å². The largest absolute Gasteiger partial charge is 1.00 e. The fraction of sp³-hybridized carbons (Fsp3) is 0.556. The Morgan fingerprint density at radius 1 is 1.52 bits per heavy atom. The number of aromatic nitrogens is 2. The third kappa shape index (κ3) is 7.10. The van der Waals surface area contributed by atoms with Crippen molar-refractivity contribution in [1.29, 1.82) is 0 Å². The maximum absolute atomic E-state index is 11.4. The zero-order valence-corrected chi connectivity index (χ0v) is 17.5. The molecular formula is C9H16N3Na2O8P. The fourth-order valence-electron chi connectivity index (χ4n) is 1.59. The number of hydrogen-bond acceptors (Lipinski definition) is 8. The maximum atomic E-state index is 11.4. The molecule has 1 fully saturated rings. The van der Waals surface area contributed by atoms with Crippen molar-refractivity contribution in [3.05, 3.63) is 22.7 Å². The molecule has 5 N–H and O–H groups in total. The van der Waals surface area contributed by atoms with Crippen LogP contribution in [0.2, 0.25) is 0 Å². The first-order valence-corrected chi connectivity index (χ1v) is 7.54. The van der Waals surface area contributed by atoms with Crippen LogP contribution in [0.4, 0.5) is 5.82 Å². The van der Waals surface area contributed by atoms with E-state index in [0.717, 1.165) is 4.73 Å². The first-order valence-electron chi connectivity index (χ1n) is 5.74. The quantitative estimate of drug-likeness (QED) is 0.288. The SMILES string of the molecule is Nc1ccn(OC2OC[C@H](OCP(=O)(O)O)[C@H]2O)c(=O)n1.[H-].[H-].[Na+].[Na+]. The summed E-state index contributed by atoms with van der Waals surface area (Å²) in [6.45, 7) is -0.150. The number of rotatable bonds is 5. The normalized spacial score (nSPS) is 23.7. The molecule has 1 unspecified atom stereocenters. The zero-order chi connectivity index (χ0) is 15.6. The second kappa shape index (κ2) is 9.85. The Hall–Kier alpha value is 0.510. The summed E-state index contributed by atoms with van der Waals surface area (Å²) < 4.78 is 21.3. The van der Waals surface area contributed by atoms with Crippen LogP contribution in [0.5, 0.6) is 0 Å². The van der Waals surface area contributed by atoms with E-state index in [1.54, 1.807) is 0 Å². The average molecular weight is 371 g/mol. The van der Waals surface area contributed by atoms with Crippen LogP contribution < -0.4 is 75.4 Å². The standard InChI is InChI=1S/C9H14N3O8P.2Na.2H/c10-6-1-2-12(9(14)11-6)20-8-7(13)5(3-18-8)19-4-21(15,16)17;;;;/h1-2,5,7-8,13H,3-4H2,(H2,10,11,14)(H2,15,16,17);;;;/q;2*+1;2*-1/t5-,7+,8?;;;;/m0..../s1. The summed E-state index contributed by atoms with van der Waals surface area (Å²) in [6.07, 6.45) is -3.21. The molecule has 1 aliphatic rings. The van der Waals surface area contributed by atoms with Gasteiger partial charge in [0.05, 0.1) is 12.8 Å². The monoisotopic (exact) mass is 371 g/mol. The van der Waals surface area contributed by atoms with Crippen molar-refractivity contribution in [1.82, 2.24) is 9.71 Å². The third-order valence-corrected chi connectivity index (χ3v) is 3.04. The molecule has 14 heteroatoms. The van der Waals surface area contributed by atoms with Gasteiger partial charge in [-0.15, -0.1) is 4.73 Å². The van der Waals surface area contributed by atoms with Crippen molar-refractivity contribution in [3.8, 4) is 0 Å². The van der Waals surface area contributed by atoms with Crippen molar-refractivity contribution < 1.29 is 95.7 Å². The van der Waals surface area contributed by atoms with Crippen molar-refractivity contribution in [3.63, 3.8) is 0 Å². The summed E-state index contributed by atoms with van der Waals surface area (Å²) in [5, 5.41) is 9.86. The van der Waals surface area contributed by atoms with E-state index < -0.39 is 38.1 Å². The molecule has 23 heavy (non-hydrogen) atoms. The Kier molecular flexibility index (Phi) is 10.1. The molecule has 122 valence electrons. The van der Waals surface area contributed by atoms with Gasteiger partial charge >= 0.3 is 72.4 Å². The number of ether oxygens (including phenoxy) is 2. The molecule has 0 amide bonds. The van der Waals surface area contributed by atoms with Crippen LogP contribution in [0.3, 0.4) is 0 Å². The van der Waals surface area contributed by atoms with Gasteiger partial charge in [-0.05, 0) is 0 Å². The first-order chi connectivity index (χ1) is 9.76. The summed E-state index contributed by atoms with van der Waals surface area (Å²) in [6, 6.07) is 1.31. The van der Waals surface area contributed by atoms with Gasteiger partial charge in [0.25, 0.3) is 6.29 Å². The molecule has 0 saturated carbocycles. The number of nitrogens with two attached hydrogens (primary N) is 1. The molecule has 2 rings (SSSR count). The molecule has 0 aliphatic carbocycles. The molecule has 1 saturated heterocycles. The summed E-state index contributed by atoms with van der Waals surface area (Å²) in [5.41, 5.74) is 4.51. The van der Waals surface area contributed by atoms with E-state index >= 15 is 0 Å². The molecule has 11 nitrogen and oxygen atoms in total. The van der Waals surface area contributed by atoms with Gasteiger partial charge in [0.2, 0.25) is 0 Å². The number of aliphatic hydroxyl groups excluding tert-OH is 1. The van der Waals surface area contributed by atoms with Gasteiger partial charge in [0, 0.05) is 6.07 Å². The van der Waals surface area contributed by atoms with Gasteiger partial charge in [-0.3, -0.25) is 4.57 Å². The number of anilines is 1. The number of aliphatic hydroxyl groups is 1. The maximum Gasteiger partial charge on any atom is 1.00 e. The van der Waals surface area contributed by atoms with E-state index in [2.05, 4.69) is 4.98 Å². The van der Waals surface area contributed by atoms with Gasteiger partial charge < -0.3 is 37.8 Å². The molecular weight excluding hydrogens is 355 g/mol. The Bertz CT molecular complexity index is 621. The van der Waals surface area contributed by atoms with Crippen LogP contribution in [0, 0.1) is 0 Å². The molecule has 0 bridgehead atoms. The van der Waals surface area contributed by atoms with Gasteiger partial charge in [0.15, 0.2) is 0 Å². The second-order valence-electron chi connectivity index (χ2n) is 4.26. The smallest absolute Gasteiger partial charge is 1.00 e. The van der Waals surface area contributed by atoms with Crippen LogP contribution in [-0.4, -0.2) is 56.1 Å². The molecule has 0 radical (unpaired) electrons. The molecule has 2 heterocycles. The minimum atomic E-state index is -4.35. The molecule has 1 aliphatic heterocycles. The Morgan fingerprint density at radius 2 is 2.17 bits per heavy atom. The molecule has 1 aromatic rings. The summed E-state index contributed by atoms with van der Waals surface area (Å²) in [7, 11) is -4.35. The van der Waals surface area contributed by atoms with E-state index in [1.165, 1.54) is 12.3 Å². The summed E-state index contributed by atoms with van der Waals surface area (Å²) >= 11 is 0. The zero-order valence-electron chi connectivity index (χ0n) is 14.6. The number of nitrogens with zero attached hydrogens (tertiary/aromatic N) is 2. The predicted molar refractivity (Wildman–Crippen MR) is 69.2 cm³/mol. The van der Waals surface area contributed by atoms with E-state index in [0.29, 0.717) is 0 Å². The van der Waals surface area contributed by atoms with E-state index in [4.69, 9.17) is 29.8 Å². The van der Waals surface area contributed by atoms with Crippen molar-refractivity contribution in [2.75, 3.05) is 18.7 Å². The fourth-order valence-corrected chi connectivity index (χ4v) is 1.98.